The standard InChI is InChI=1S/C12H26N2O/c1-5-6-10-14(12(2)15)11-8-7-9-13(3)4/h5-11H2,1-4H3. The molecule has 0 bridgehead atoms. The summed E-state index contributed by atoms with van der Waals surface area (Å²) in [5, 5.41) is 0. The highest BCUT2D eigenvalue weighted by molar-refractivity contribution is 5.73. The van der Waals surface area contributed by atoms with Crippen LogP contribution in [0.15, 0.2) is 0 Å². The highest BCUT2D eigenvalue weighted by atomic mass is 16.2. The molecule has 0 aromatic rings. The van der Waals surface area contributed by atoms with E-state index in [1.54, 1.807) is 6.92 Å². The smallest absolute Gasteiger partial charge is 0.219 e. The highest BCUT2D eigenvalue weighted by Crippen LogP contribution is 2.00. The number of carbonyl (C=O) groups excluding carboxylic acids is 1. The summed E-state index contributed by atoms with van der Waals surface area (Å²) < 4.78 is 0. The molecular weight excluding hydrogens is 188 g/mol. The lowest BCUT2D eigenvalue weighted by atomic mass is 10.2. The van der Waals surface area contributed by atoms with Crippen molar-refractivity contribution in [2.75, 3.05) is 33.7 Å². The summed E-state index contributed by atoms with van der Waals surface area (Å²) in [6.07, 6.45) is 4.55. The molecule has 90 valence electrons. The molecule has 1 amide bonds. The third kappa shape index (κ3) is 8.43. The maximum atomic E-state index is 11.3. The second kappa shape index (κ2) is 8.72. The lowest BCUT2D eigenvalue weighted by Crippen LogP contribution is -2.31. The van der Waals surface area contributed by atoms with Gasteiger partial charge in [0, 0.05) is 20.0 Å². The highest BCUT2D eigenvalue weighted by Gasteiger charge is 2.06. The van der Waals surface area contributed by atoms with Crippen LogP contribution in [0.25, 0.3) is 0 Å². The molecule has 0 aliphatic carbocycles. The van der Waals surface area contributed by atoms with Gasteiger partial charge in [0.1, 0.15) is 0 Å². The van der Waals surface area contributed by atoms with E-state index in [4.69, 9.17) is 0 Å². The van der Waals surface area contributed by atoms with Crippen LogP contribution in [0.4, 0.5) is 0 Å². The fraction of sp³-hybridized carbons (Fsp3) is 0.917. The summed E-state index contributed by atoms with van der Waals surface area (Å²) in [4.78, 5) is 15.4. The number of hydrogen-bond acceptors (Lipinski definition) is 2. The Balaban J connectivity index is 3.62. The van der Waals surface area contributed by atoms with Crippen molar-refractivity contribution in [3.05, 3.63) is 0 Å². The van der Waals surface area contributed by atoms with E-state index < -0.39 is 0 Å². The van der Waals surface area contributed by atoms with Gasteiger partial charge in [-0.25, -0.2) is 0 Å². The largest absolute Gasteiger partial charge is 0.343 e. The van der Waals surface area contributed by atoms with Crippen LogP contribution in [0.5, 0.6) is 0 Å². The van der Waals surface area contributed by atoms with Crippen molar-refractivity contribution in [3.8, 4) is 0 Å². The number of nitrogens with zero attached hydrogens (tertiary/aromatic N) is 2. The van der Waals surface area contributed by atoms with E-state index >= 15 is 0 Å². The van der Waals surface area contributed by atoms with Gasteiger partial charge in [0.2, 0.25) is 5.91 Å². The van der Waals surface area contributed by atoms with Crippen LogP contribution in [0.2, 0.25) is 0 Å². The number of unbranched alkanes of at least 4 members (excludes halogenated alkanes) is 2. The Labute approximate surface area is 94.4 Å². The molecule has 0 heterocycles. The lowest BCUT2D eigenvalue weighted by molar-refractivity contribution is -0.129. The Bertz CT molecular complexity index is 169. The van der Waals surface area contributed by atoms with Crippen LogP contribution in [0, 0.1) is 0 Å². The van der Waals surface area contributed by atoms with Crippen LogP contribution in [-0.4, -0.2) is 49.4 Å². The van der Waals surface area contributed by atoms with Crippen molar-refractivity contribution in [2.45, 2.75) is 39.5 Å². The molecule has 0 spiro atoms. The molecule has 3 nitrogen and oxygen atoms in total. The number of rotatable bonds is 8. The molecule has 0 atom stereocenters. The molecular formula is C12H26N2O. The van der Waals surface area contributed by atoms with Crippen molar-refractivity contribution < 1.29 is 4.79 Å². The fourth-order valence-corrected chi connectivity index (χ4v) is 1.51. The Morgan fingerprint density at radius 3 is 2.00 bits per heavy atom. The molecule has 0 saturated carbocycles. The number of amides is 1. The first-order valence-corrected chi connectivity index (χ1v) is 5.98. The van der Waals surface area contributed by atoms with E-state index in [-0.39, 0.29) is 5.91 Å². The Hall–Kier alpha value is -0.570. The molecule has 0 radical (unpaired) electrons. The Morgan fingerprint density at radius 2 is 1.53 bits per heavy atom. The summed E-state index contributed by atoms with van der Waals surface area (Å²) in [6.45, 7) is 6.78. The lowest BCUT2D eigenvalue weighted by Gasteiger charge is -2.21. The second-order valence-electron chi connectivity index (χ2n) is 4.37. The van der Waals surface area contributed by atoms with E-state index in [9.17, 15) is 4.79 Å². The van der Waals surface area contributed by atoms with Gasteiger partial charge in [-0.2, -0.15) is 0 Å². The maximum Gasteiger partial charge on any atom is 0.219 e. The topological polar surface area (TPSA) is 23.6 Å². The molecule has 0 aliphatic rings. The van der Waals surface area contributed by atoms with Crippen LogP contribution in [-0.2, 0) is 4.79 Å². The number of hydrogen-bond donors (Lipinski definition) is 0. The molecule has 3 heteroatoms. The van der Waals surface area contributed by atoms with Gasteiger partial charge in [-0.05, 0) is 39.9 Å². The molecule has 0 fully saturated rings. The van der Waals surface area contributed by atoms with Gasteiger partial charge in [-0.1, -0.05) is 13.3 Å². The van der Waals surface area contributed by atoms with Gasteiger partial charge in [-0.15, -0.1) is 0 Å². The zero-order valence-electron chi connectivity index (χ0n) is 10.8. The molecule has 0 aromatic carbocycles. The molecule has 0 rings (SSSR count). The van der Waals surface area contributed by atoms with Crippen molar-refractivity contribution >= 4 is 5.91 Å². The van der Waals surface area contributed by atoms with Crippen LogP contribution < -0.4 is 0 Å². The van der Waals surface area contributed by atoms with E-state index in [0.717, 1.165) is 38.9 Å². The summed E-state index contributed by atoms with van der Waals surface area (Å²) >= 11 is 0. The summed E-state index contributed by atoms with van der Waals surface area (Å²) in [5.74, 6) is 0.216. The van der Waals surface area contributed by atoms with Gasteiger partial charge in [0.15, 0.2) is 0 Å². The van der Waals surface area contributed by atoms with Crippen LogP contribution in [0.3, 0.4) is 0 Å². The van der Waals surface area contributed by atoms with Crippen molar-refractivity contribution in [3.63, 3.8) is 0 Å². The summed E-state index contributed by atoms with van der Waals surface area (Å²) in [6, 6.07) is 0. The zero-order valence-corrected chi connectivity index (χ0v) is 10.8. The first kappa shape index (κ1) is 14.4. The van der Waals surface area contributed by atoms with E-state index in [1.165, 1.54) is 6.42 Å². The molecule has 0 aliphatic heterocycles. The normalized spacial score (nSPS) is 10.7. The minimum atomic E-state index is 0.216. The van der Waals surface area contributed by atoms with Gasteiger partial charge < -0.3 is 9.80 Å². The Kier molecular flexibility index (Phi) is 8.38. The monoisotopic (exact) mass is 214 g/mol. The number of carbonyl (C=O) groups is 1. The van der Waals surface area contributed by atoms with E-state index in [1.807, 2.05) is 4.90 Å². The van der Waals surface area contributed by atoms with Crippen molar-refractivity contribution in [1.29, 1.82) is 0 Å². The fourth-order valence-electron chi connectivity index (χ4n) is 1.51. The minimum absolute atomic E-state index is 0.216. The first-order valence-electron chi connectivity index (χ1n) is 5.98. The summed E-state index contributed by atoms with van der Waals surface area (Å²) in [5.41, 5.74) is 0. The van der Waals surface area contributed by atoms with Crippen molar-refractivity contribution in [2.24, 2.45) is 0 Å². The van der Waals surface area contributed by atoms with Gasteiger partial charge in [-0.3, -0.25) is 4.79 Å². The average Bonchev–Trinajstić information content (AvgIpc) is 2.15. The maximum absolute atomic E-state index is 11.3. The average molecular weight is 214 g/mol. The van der Waals surface area contributed by atoms with E-state index in [0.29, 0.717) is 0 Å². The van der Waals surface area contributed by atoms with Gasteiger partial charge in [0.05, 0.1) is 0 Å². The summed E-state index contributed by atoms with van der Waals surface area (Å²) in [7, 11) is 4.17. The second-order valence-corrected chi connectivity index (χ2v) is 4.37. The van der Waals surface area contributed by atoms with Crippen molar-refractivity contribution in [1.82, 2.24) is 9.80 Å². The van der Waals surface area contributed by atoms with E-state index in [2.05, 4.69) is 25.9 Å². The molecule has 0 aromatic heterocycles. The zero-order chi connectivity index (χ0) is 11.7. The SMILES string of the molecule is CCCCN(CCCCN(C)C)C(C)=O. The first-order chi connectivity index (χ1) is 7.07. The van der Waals surface area contributed by atoms with Crippen LogP contribution in [0.1, 0.15) is 39.5 Å². The van der Waals surface area contributed by atoms with Gasteiger partial charge in [0.25, 0.3) is 0 Å². The minimum Gasteiger partial charge on any atom is -0.343 e. The third-order valence-electron chi connectivity index (χ3n) is 2.51. The van der Waals surface area contributed by atoms with Crippen LogP contribution >= 0.6 is 0 Å². The quantitative estimate of drug-likeness (QED) is 0.577. The van der Waals surface area contributed by atoms with Gasteiger partial charge >= 0.3 is 0 Å². The molecule has 15 heavy (non-hydrogen) atoms. The molecule has 0 saturated heterocycles. The predicted molar refractivity (Wildman–Crippen MR) is 65.0 cm³/mol. The molecule has 0 unspecified atom stereocenters. The Morgan fingerprint density at radius 1 is 1.00 bits per heavy atom. The third-order valence-corrected chi connectivity index (χ3v) is 2.51. The molecule has 0 N–H and O–H groups in total. The predicted octanol–water partition coefficient (Wildman–Crippen LogP) is 1.98.